The van der Waals surface area contributed by atoms with Crippen LogP contribution in [0, 0.1) is 12.7 Å². The monoisotopic (exact) mass is 411 g/mol. The number of nitrogens with one attached hydrogen (secondary N) is 1. The van der Waals surface area contributed by atoms with E-state index in [0.717, 1.165) is 11.3 Å². The number of hydrogen-bond donors (Lipinski definition) is 1. The van der Waals surface area contributed by atoms with E-state index < -0.39 is 12.0 Å². The number of anilines is 2. The van der Waals surface area contributed by atoms with Crippen LogP contribution in [0.5, 0.6) is 0 Å². The molecule has 2 aromatic carbocycles. The molecule has 1 aromatic heterocycles. The van der Waals surface area contributed by atoms with Crippen LogP contribution in [0.1, 0.15) is 27.8 Å². The summed E-state index contributed by atoms with van der Waals surface area (Å²) in [5, 5.41) is 3.13. The van der Waals surface area contributed by atoms with Crippen molar-refractivity contribution in [1.29, 1.82) is 0 Å². The normalized spacial score (nSPS) is 15.9. The van der Waals surface area contributed by atoms with Gasteiger partial charge in [-0.25, -0.2) is 4.39 Å². The fourth-order valence-electron chi connectivity index (χ4n) is 3.04. The third kappa shape index (κ3) is 2.86. The van der Waals surface area contributed by atoms with E-state index in [-0.39, 0.29) is 5.91 Å². The van der Waals surface area contributed by atoms with Crippen LogP contribution in [0.3, 0.4) is 0 Å². The second-order valence-corrected chi connectivity index (χ2v) is 7.03. The van der Waals surface area contributed by atoms with Crippen LogP contribution in [0.4, 0.5) is 15.8 Å². The van der Waals surface area contributed by atoms with Crippen molar-refractivity contribution < 1.29 is 9.18 Å². The molecule has 0 saturated carbocycles. The van der Waals surface area contributed by atoms with Gasteiger partial charge in [0.15, 0.2) is 6.17 Å². The van der Waals surface area contributed by atoms with Crippen LogP contribution in [-0.2, 0) is 0 Å². The fraction of sp³-hybridized carbons (Fsp3) is 0.100. The van der Waals surface area contributed by atoms with Gasteiger partial charge in [-0.05, 0) is 49.4 Å². The van der Waals surface area contributed by atoms with Gasteiger partial charge in [0.2, 0.25) is 0 Å². The van der Waals surface area contributed by atoms with E-state index in [4.69, 9.17) is 0 Å². The molecular weight excluding hydrogens is 397 g/mol. The number of benzene rings is 2. The van der Waals surface area contributed by atoms with Gasteiger partial charge in [-0.1, -0.05) is 33.6 Å². The largest absolute Gasteiger partial charge is 0.357 e. The first kappa shape index (κ1) is 16.7. The van der Waals surface area contributed by atoms with E-state index >= 15 is 0 Å². The molecule has 0 fully saturated rings. The highest BCUT2D eigenvalue weighted by Gasteiger charge is 2.39. The highest BCUT2D eigenvalue weighted by atomic mass is 79.9. The average molecular weight is 412 g/mol. The number of carbonyl (C=O) groups excluding carboxylic acids is 1. The number of hydrogen-bond acceptors (Lipinski definition) is 3. The van der Waals surface area contributed by atoms with Gasteiger partial charge in [0.25, 0.3) is 5.91 Å². The number of aryl methyl sites for hydroxylation is 1. The molecule has 26 heavy (non-hydrogen) atoms. The first-order valence-corrected chi connectivity index (χ1v) is 8.90. The quantitative estimate of drug-likeness (QED) is 0.654. The summed E-state index contributed by atoms with van der Waals surface area (Å²) in [6.07, 6.45) is 1.05. The van der Waals surface area contributed by atoms with E-state index in [2.05, 4.69) is 26.2 Å². The van der Waals surface area contributed by atoms with Gasteiger partial charge >= 0.3 is 0 Å². The molecule has 1 atom stereocenters. The molecule has 0 bridgehead atoms. The van der Waals surface area contributed by atoms with Crippen LogP contribution in [-0.4, -0.2) is 10.9 Å². The lowest BCUT2D eigenvalue weighted by Gasteiger charge is -2.27. The molecule has 130 valence electrons. The summed E-state index contributed by atoms with van der Waals surface area (Å²) in [5.74, 6) is -0.563. The SMILES string of the molecule is Cc1ccc(N2C(=O)c3cccnc3[C@H]2Nc2ccc(Br)cc2F)cc1. The summed E-state index contributed by atoms with van der Waals surface area (Å²) in [7, 11) is 0. The van der Waals surface area contributed by atoms with Crippen molar-refractivity contribution in [2.24, 2.45) is 0 Å². The first-order valence-electron chi connectivity index (χ1n) is 8.11. The third-order valence-electron chi connectivity index (χ3n) is 4.34. The van der Waals surface area contributed by atoms with E-state index in [1.807, 2.05) is 31.2 Å². The van der Waals surface area contributed by atoms with Crippen molar-refractivity contribution in [3.05, 3.63) is 87.9 Å². The first-order chi connectivity index (χ1) is 12.5. The maximum absolute atomic E-state index is 14.3. The molecular formula is C20H15BrFN3O. The van der Waals surface area contributed by atoms with Gasteiger partial charge in [-0.2, -0.15) is 0 Å². The van der Waals surface area contributed by atoms with Crippen molar-refractivity contribution in [3.8, 4) is 0 Å². The predicted octanol–water partition coefficient (Wildman–Crippen LogP) is 5.06. The molecule has 1 amide bonds. The smallest absolute Gasteiger partial charge is 0.262 e. The number of halogens is 2. The summed E-state index contributed by atoms with van der Waals surface area (Å²) in [6.45, 7) is 1.98. The number of aromatic nitrogens is 1. The Morgan fingerprint density at radius 3 is 2.65 bits per heavy atom. The van der Waals surface area contributed by atoms with Crippen molar-refractivity contribution in [1.82, 2.24) is 4.98 Å². The molecule has 4 rings (SSSR count). The van der Waals surface area contributed by atoms with E-state index in [1.165, 1.54) is 6.07 Å². The highest BCUT2D eigenvalue weighted by Crippen LogP contribution is 2.37. The number of fused-ring (bicyclic) bond motifs is 1. The minimum atomic E-state index is -0.586. The van der Waals surface area contributed by atoms with E-state index in [1.54, 1.807) is 35.4 Å². The Morgan fingerprint density at radius 2 is 1.92 bits per heavy atom. The zero-order valence-corrected chi connectivity index (χ0v) is 15.5. The summed E-state index contributed by atoms with van der Waals surface area (Å²) >= 11 is 3.26. The van der Waals surface area contributed by atoms with Gasteiger partial charge in [0, 0.05) is 16.4 Å². The standard InChI is InChI=1S/C20H15BrFN3O/c1-12-4-7-14(8-5-12)25-19(18-15(20(25)26)3-2-10-23-18)24-17-9-6-13(21)11-16(17)22/h2-11,19,24H,1H3/t19-/m0/s1. The number of nitrogens with zero attached hydrogens (tertiary/aromatic N) is 2. The van der Waals surface area contributed by atoms with E-state index in [0.29, 0.717) is 21.4 Å². The molecule has 0 saturated heterocycles. The molecule has 6 heteroatoms. The van der Waals surface area contributed by atoms with Gasteiger partial charge < -0.3 is 5.32 Å². The summed E-state index contributed by atoms with van der Waals surface area (Å²) in [6, 6.07) is 15.9. The summed E-state index contributed by atoms with van der Waals surface area (Å²) in [5.41, 5.74) is 3.23. The Kier molecular flexibility index (Phi) is 4.20. The van der Waals surface area contributed by atoms with Crippen LogP contribution < -0.4 is 10.2 Å². The molecule has 0 unspecified atom stereocenters. The molecule has 0 radical (unpaired) electrons. The van der Waals surface area contributed by atoms with Crippen LogP contribution in [0.2, 0.25) is 0 Å². The zero-order valence-electron chi connectivity index (χ0n) is 13.9. The van der Waals surface area contributed by atoms with Gasteiger partial charge in [0.05, 0.1) is 16.9 Å². The molecule has 3 aromatic rings. The predicted molar refractivity (Wildman–Crippen MR) is 103 cm³/mol. The number of carbonyl (C=O) groups is 1. The van der Waals surface area contributed by atoms with Gasteiger partial charge in [0.1, 0.15) is 5.82 Å². The van der Waals surface area contributed by atoms with Crippen molar-refractivity contribution in [3.63, 3.8) is 0 Å². The van der Waals surface area contributed by atoms with E-state index in [9.17, 15) is 9.18 Å². The minimum absolute atomic E-state index is 0.160. The Bertz CT molecular complexity index is 991. The fourth-order valence-corrected chi connectivity index (χ4v) is 3.38. The minimum Gasteiger partial charge on any atom is -0.357 e. The maximum atomic E-state index is 14.3. The molecule has 4 nitrogen and oxygen atoms in total. The second-order valence-electron chi connectivity index (χ2n) is 6.12. The second kappa shape index (κ2) is 6.53. The summed E-state index contributed by atoms with van der Waals surface area (Å²) < 4.78 is 15.0. The lowest BCUT2D eigenvalue weighted by Crippen LogP contribution is -2.32. The highest BCUT2D eigenvalue weighted by molar-refractivity contribution is 9.10. The Hall–Kier alpha value is -2.73. The zero-order chi connectivity index (χ0) is 18.3. The molecule has 0 spiro atoms. The van der Waals surface area contributed by atoms with Gasteiger partial charge in [-0.3, -0.25) is 14.7 Å². The molecule has 0 aliphatic carbocycles. The lowest BCUT2D eigenvalue weighted by molar-refractivity contribution is 0.0993. The average Bonchev–Trinajstić information content (AvgIpc) is 2.91. The Morgan fingerprint density at radius 1 is 1.15 bits per heavy atom. The maximum Gasteiger partial charge on any atom is 0.262 e. The van der Waals surface area contributed by atoms with Gasteiger partial charge in [-0.15, -0.1) is 0 Å². The number of rotatable bonds is 3. The Balaban J connectivity index is 1.79. The van der Waals surface area contributed by atoms with Crippen molar-refractivity contribution >= 4 is 33.2 Å². The number of amides is 1. The van der Waals surface area contributed by atoms with Crippen molar-refractivity contribution in [2.75, 3.05) is 10.2 Å². The van der Waals surface area contributed by atoms with Crippen LogP contribution in [0.15, 0.2) is 65.3 Å². The third-order valence-corrected chi connectivity index (χ3v) is 4.83. The molecule has 1 aliphatic rings. The lowest BCUT2D eigenvalue weighted by atomic mass is 10.2. The molecule has 1 N–H and O–H groups in total. The molecule has 2 heterocycles. The summed E-state index contributed by atoms with van der Waals surface area (Å²) in [4.78, 5) is 18.9. The van der Waals surface area contributed by atoms with Crippen LogP contribution in [0.25, 0.3) is 0 Å². The molecule has 1 aliphatic heterocycles. The van der Waals surface area contributed by atoms with Crippen molar-refractivity contribution in [2.45, 2.75) is 13.1 Å². The number of pyridine rings is 1. The topological polar surface area (TPSA) is 45.2 Å². The Labute approximate surface area is 158 Å². The van der Waals surface area contributed by atoms with Crippen LogP contribution >= 0.6 is 15.9 Å².